The molecule has 8 nitrogen and oxygen atoms in total. The van der Waals surface area contributed by atoms with Crippen LogP contribution in [0.5, 0.6) is 0 Å². The Labute approximate surface area is 263 Å². The smallest absolute Gasteiger partial charge is 0.157 e. The Morgan fingerprint density at radius 3 is 2.38 bits per heavy atom. The summed E-state index contributed by atoms with van der Waals surface area (Å²) in [7, 11) is 2.22. The number of H-pyrrole nitrogens is 1. The Balaban J connectivity index is 1.15. The highest BCUT2D eigenvalue weighted by atomic mass is 15.2. The topological polar surface area (TPSA) is 94.7 Å². The Bertz CT molecular complexity index is 2080. The molecule has 0 fully saturated rings. The van der Waals surface area contributed by atoms with Crippen molar-refractivity contribution >= 4 is 50.3 Å². The minimum absolute atomic E-state index is 0.416. The number of pyridine rings is 3. The van der Waals surface area contributed by atoms with Gasteiger partial charge in [0.05, 0.1) is 28.4 Å². The third kappa shape index (κ3) is 5.65. The number of imidazole rings is 1. The van der Waals surface area contributed by atoms with Gasteiger partial charge in [-0.25, -0.2) is 4.98 Å². The minimum Gasteiger partial charge on any atom is -0.355 e. The maximum Gasteiger partial charge on any atom is 0.157 e. The van der Waals surface area contributed by atoms with E-state index in [1.807, 2.05) is 56.4 Å². The van der Waals surface area contributed by atoms with Gasteiger partial charge in [0.15, 0.2) is 5.82 Å². The Hall–Kier alpha value is -5.08. The molecule has 1 aliphatic rings. The van der Waals surface area contributed by atoms with Crippen LogP contribution in [0.2, 0.25) is 0 Å². The molecule has 7 rings (SSSR count). The number of benzene rings is 2. The van der Waals surface area contributed by atoms with E-state index in [0.717, 1.165) is 74.0 Å². The zero-order chi connectivity index (χ0) is 31.2. The number of aromatic amines is 1. The summed E-state index contributed by atoms with van der Waals surface area (Å²) >= 11 is 0. The molecule has 0 amide bonds. The second kappa shape index (κ2) is 11.4. The van der Waals surface area contributed by atoms with Crippen LogP contribution < -0.4 is 10.6 Å². The fraction of sp³-hybridized carbons (Fsp3) is 0.243. The number of anilines is 4. The van der Waals surface area contributed by atoms with Crippen LogP contribution in [0, 0.1) is 13.8 Å². The lowest BCUT2D eigenvalue weighted by Gasteiger charge is -2.38. The zero-order valence-corrected chi connectivity index (χ0v) is 26.6. The number of hydrogen-bond acceptors (Lipinski definition) is 7. The first kappa shape index (κ1) is 28.7. The molecule has 0 unspecified atom stereocenters. The zero-order valence-electron chi connectivity index (χ0n) is 26.6. The van der Waals surface area contributed by atoms with Crippen molar-refractivity contribution in [1.29, 1.82) is 0 Å². The fourth-order valence-electron chi connectivity index (χ4n) is 6.30. The molecule has 4 aromatic heterocycles. The van der Waals surface area contributed by atoms with E-state index in [-0.39, 0.29) is 0 Å². The van der Waals surface area contributed by atoms with Crippen molar-refractivity contribution in [3.63, 3.8) is 0 Å². The van der Waals surface area contributed by atoms with E-state index < -0.39 is 0 Å². The highest BCUT2D eigenvalue weighted by molar-refractivity contribution is 5.95. The van der Waals surface area contributed by atoms with E-state index >= 15 is 0 Å². The van der Waals surface area contributed by atoms with Gasteiger partial charge in [-0.05, 0) is 120 Å². The van der Waals surface area contributed by atoms with Crippen LogP contribution in [0.1, 0.15) is 44.1 Å². The molecule has 0 radical (unpaired) electrons. The van der Waals surface area contributed by atoms with Gasteiger partial charge in [-0.15, -0.1) is 0 Å². The van der Waals surface area contributed by atoms with Gasteiger partial charge in [-0.1, -0.05) is 11.6 Å². The van der Waals surface area contributed by atoms with Crippen LogP contribution in [0.4, 0.5) is 22.7 Å². The van der Waals surface area contributed by atoms with Crippen LogP contribution in [-0.2, 0) is 0 Å². The van der Waals surface area contributed by atoms with Gasteiger partial charge in [0, 0.05) is 52.1 Å². The highest BCUT2D eigenvalue weighted by Gasteiger charge is 2.27. The Morgan fingerprint density at radius 1 is 0.778 bits per heavy atom. The number of aromatic nitrogens is 5. The first-order valence-electron chi connectivity index (χ1n) is 15.5. The number of hydrogen-bond donors (Lipinski definition) is 3. The largest absolute Gasteiger partial charge is 0.355 e. The molecule has 6 aromatic rings. The summed E-state index contributed by atoms with van der Waals surface area (Å²) in [4.78, 5) is 24.6. The van der Waals surface area contributed by atoms with Crippen molar-refractivity contribution in [2.24, 2.45) is 0 Å². The lowest BCUT2D eigenvalue weighted by molar-refractivity contribution is 0.210. The molecule has 0 saturated carbocycles. The number of nitrogens with one attached hydrogen (secondary N) is 3. The monoisotopic (exact) mass is 594 g/mol. The van der Waals surface area contributed by atoms with Gasteiger partial charge in [-0.3, -0.25) is 19.9 Å². The van der Waals surface area contributed by atoms with Gasteiger partial charge in [0.25, 0.3) is 0 Å². The molecule has 2 aromatic carbocycles. The lowest BCUT2D eigenvalue weighted by Crippen LogP contribution is -2.41. The van der Waals surface area contributed by atoms with E-state index in [0.29, 0.717) is 12.1 Å². The van der Waals surface area contributed by atoms with Crippen molar-refractivity contribution in [3.8, 4) is 11.5 Å². The molecule has 0 bridgehead atoms. The molecule has 226 valence electrons. The Kier molecular flexibility index (Phi) is 7.30. The van der Waals surface area contributed by atoms with Crippen molar-refractivity contribution < 1.29 is 0 Å². The molecule has 5 heterocycles. The Morgan fingerprint density at radius 2 is 1.58 bits per heavy atom. The summed E-state index contributed by atoms with van der Waals surface area (Å²) in [5, 5.41) is 8.17. The third-order valence-electron chi connectivity index (χ3n) is 9.15. The van der Waals surface area contributed by atoms with Gasteiger partial charge in [-0.2, -0.15) is 0 Å². The summed E-state index contributed by atoms with van der Waals surface area (Å²) < 4.78 is 0. The highest BCUT2D eigenvalue weighted by Crippen LogP contribution is 2.36. The standard InChI is InChI=1S/C37H38N8/c1-21-15-28(13-14-38-21)41-27-8-11-33-36(19-27)44-37(43-33)34-12-9-29(20-39-34)42-35-16-22(2)40-32-10-7-26(18-31(32)35)30-17-23(3)45(6)25(5)24(30)4/h7-16,18-20,23,25H,17H2,1-6H3,(H,38,41)(H,40,42)(H,43,44)/t23-,25+/m0/s1. The summed E-state index contributed by atoms with van der Waals surface area (Å²) in [6.07, 6.45) is 4.70. The molecule has 2 atom stereocenters. The van der Waals surface area contributed by atoms with Crippen LogP contribution in [0.3, 0.4) is 0 Å². The molecule has 0 spiro atoms. The molecular formula is C37H38N8. The van der Waals surface area contributed by atoms with E-state index in [4.69, 9.17) is 15.0 Å². The number of likely N-dealkylation sites (N-methyl/N-ethyl adjacent to an activating group) is 1. The molecule has 0 aliphatic carbocycles. The molecule has 3 N–H and O–H groups in total. The van der Waals surface area contributed by atoms with Crippen molar-refractivity contribution in [2.75, 3.05) is 17.7 Å². The maximum absolute atomic E-state index is 4.83. The van der Waals surface area contributed by atoms with Crippen molar-refractivity contribution in [3.05, 3.63) is 102 Å². The summed E-state index contributed by atoms with van der Waals surface area (Å²) in [5.41, 5.74) is 13.6. The van der Waals surface area contributed by atoms with Gasteiger partial charge in [0.2, 0.25) is 0 Å². The fourth-order valence-corrected chi connectivity index (χ4v) is 6.30. The predicted octanol–water partition coefficient (Wildman–Crippen LogP) is 8.56. The molecule has 8 heteroatoms. The van der Waals surface area contributed by atoms with Gasteiger partial charge < -0.3 is 15.6 Å². The quantitative estimate of drug-likeness (QED) is 0.178. The second-order valence-electron chi connectivity index (χ2n) is 12.3. The van der Waals surface area contributed by atoms with Crippen LogP contribution in [-0.4, -0.2) is 49.0 Å². The van der Waals surface area contributed by atoms with E-state index in [1.165, 1.54) is 16.7 Å². The number of aryl methyl sites for hydroxylation is 2. The molecule has 0 saturated heterocycles. The van der Waals surface area contributed by atoms with Crippen LogP contribution in [0.25, 0.3) is 39.0 Å². The second-order valence-corrected chi connectivity index (χ2v) is 12.3. The summed E-state index contributed by atoms with van der Waals surface area (Å²) in [6, 6.07) is 23.8. The average Bonchev–Trinajstić information content (AvgIpc) is 3.45. The first-order chi connectivity index (χ1) is 21.7. The molecule has 1 aliphatic heterocycles. The summed E-state index contributed by atoms with van der Waals surface area (Å²) in [6.45, 7) is 10.9. The van der Waals surface area contributed by atoms with Crippen molar-refractivity contribution in [1.82, 2.24) is 29.8 Å². The van der Waals surface area contributed by atoms with Gasteiger partial charge >= 0.3 is 0 Å². The number of rotatable bonds is 6. The average molecular weight is 595 g/mol. The van der Waals surface area contributed by atoms with Crippen molar-refractivity contribution in [2.45, 2.75) is 53.1 Å². The molecular weight excluding hydrogens is 556 g/mol. The lowest BCUT2D eigenvalue weighted by atomic mass is 9.86. The number of nitrogens with zero attached hydrogens (tertiary/aromatic N) is 5. The third-order valence-corrected chi connectivity index (χ3v) is 9.15. The maximum atomic E-state index is 4.83. The normalized spacial score (nSPS) is 17.3. The molecule has 45 heavy (non-hydrogen) atoms. The van der Waals surface area contributed by atoms with Gasteiger partial charge in [0.1, 0.15) is 5.69 Å². The van der Waals surface area contributed by atoms with Crippen LogP contribution >= 0.6 is 0 Å². The SMILES string of the molecule is CC1=C(c2ccc3nc(C)cc(Nc4ccc(-c5nc6ccc(Nc7ccnc(C)c7)cc6[nH]5)nc4)c3c2)C[C@H](C)N(C)[C@@H]1C. The predicted molar refractivity (Wildman–Crippen MR) is 185 cm³/mol. The van der Waals surface area contributed by atoms with E-state index in [9.17, 15) is 0 Å². The summed E-state index contributed by atoms with van der Waals surface area (Å²) in [5.74, 6) is 0.730. The van der Waals surface area contributed by atoms with E-state index in [2.05, 4.69) is 83.7 Å². The van der Waals surface area contributed by atoms with Crippen LogP contribution in [0.15, 0.2) is 84.7 Å². The first-order valence-corrected chi connectivity index (χ1v) is 15.5. The minimum atomic E-state index is 0.416. The van der Waals surface area contributed by atoms with E-state index in [1.54, 1.807) is 6.20 Å². The number of fused-ring (bicyclic) bond motifs is 2.